The van der Waals surface area contributed by atoms with E-state index in [9.17, 15) is 5.11 Å². The molecule has 1 aromatic heterocycles. The number of hydrogen-bond acceptors (Lipinski definition) is 4. The van der Waals surface area contributed by atoms with Crippen LogP contribution in [0, 0.1) is 6.92 Å². The molecule has 0 amide bonds. The third kappa shape index (κ3) is 2.77. The third-order valence-corrected chi connectivity index (χ3v) is 3.01. The van der Waals surface area contributed by atoms with E-state index in [-0.39, 0.29) is 13.2 Å². The van der Waals surface area contributed by atoms with Gasteiger partial charge in [-0.3, -0.25) is 0 Å². The number of aromatic nitrogens is 2. The summed E-state index contributed by atoms with van der Waals surface area (Å²) < 4.78 is 7.47. The summed E-state index contributed by atoms with van der Waals surface area (Å²) in [7, 11) is 1.77. The van der Waals surface area contributed by atoms with Gasteiger partial charge in [0, 0.05) is 13.7 Å². The first-order valence-electron chi connectivity index (χ1n) is 6.17. The maximum absolute atomic E-state index is 9.39. The summed E-state index contributed by atoms with van der Waals surface area (Å²) in [5.41, 5.74) is 2.36. The van der Waals surface area contributed by atoms with E-state index in [2.05, 4.69) is 5.10 Å². The van der Waals surface area contributed by atoms with Crippen LogP contribution in [0.4, 0.5) is 0 Å². The molecule has 0 spiro atoms. The van der Waals surface area contributed by atoms with Gasteiger partial charge in [0.15, 0.2) is 0 Å². The van der Waals surface area contributed by atoms with Crippen molar-refractivity contribution in [3.8, 4) is 11.6 Å². The van der Waals surface area contributed by atoms with Crippen molar-refractivity contribution in [3.63, 3.8) is 0 Å². The van der Waals surface area contributed by atoms with Gasteiger partial charge in [-0.15, -0.1) is 0 Å². The predicted molar refractivity (Wildman–Crippen MR) is 71.2 cm³/mol. The topological polar surface area (TPSA) is 67.5 Å². The van der Waals surface area contributed by atoms with Crippen molar-refractivity contribution in [2.75, 3.05) is 6.61 Å². The first kappa shape index (κ1) is 13.6. The zero-order valence-electron chi connectivity index (χ0n) is 11.1. The molecule has 1 heterocycles. The second kappa shape index (κ2) is 5.86. The normalized spacial score (nSPS) is 10.7. The van der Waals surface area contributed by atoms with E-state index in [0.29, 0.717) is 23.6 Å². The van der Waals surface area contributed by atoms with Crippen molar-refractivity contribution in [1.29, 1.82) is 0 Å². The van der Waals surface area contributed by atoms with Crippen LogP contribution in [-0.2, 0) is 20.1 Å². The van der Waals surface area contributed by atoms with Gasteiger partial charge in [-0.2, -0.15) is 5.10 Å². The molecule has 5 heteroatoms. The first-order chi connectivity index (χ1) is 9.17. The molecule has 0 radical (unpaired) electrons. The molecule has 2 N–H and O–H groups in total. The Balaban J connectivity index is 2.36. The van der Waals surface area contributed by atoms with Crippen molar-refractivity contribution < 1.29 is 14.9 Å². The minimum atomic E-state index is -0.114. The number of para-hydroxylation sites is 1. The minimum absolute atomic E-state index is 0.0671. The highest BCUT2D eigenvalue weighted by Gasteiger charge is 2.15. The molecule has 0 bridgehead atoms. The molecular formula is C14H18N2O3. The van der Waals surface area contributed by atoms with Gasteiger partial charge in [0.2, 0.25) is 5.88 Å². The number of aryl methyl sites for hydroxylation is 2. The maximum atomic E-state index is 9.39. The lowest BCUT2D eigenvalue weighted by molar-refractivity contribution is 0.273. The van der Waals surface area contributed by atoms with E-state index in [1.165, 1.54) is 0 Å². The van der Waals surface area contributed by atoms with E-state index in [1.54, 1.807) is 11.7 Å². The maximum Gasteiger partial charge on any atom is 0.223 e. The summed E-state index contributed by atoms with van der Waals surface area (Å²) in [4.78, 5) is 0. The van der Waals surface area contributed by atoms with Crippen molar-refractivity contribution in [2.45, 2.75) is 20.0 Å². The summed E-state index contributed by atoms with van der Waals surface area (Å²) in [6.07, 6.45) is 0.529. The van der Waals surface area contributed by atoms with Gasteiger partial charge in [-0.25, -0.2) is 4.68 Å². The minimum Gasteiger partial charge on any atom is -0.439 e. The van der Waals surface area contributed by atoms with E-state index < -0.39 is 0 Å². The summed E-state index contributed by atoms with van der Waals surface area (Å²) in [5, 5.41) is 22.7. The molecule has 0 unspecified atom stereocenters. The molecule has 0 fully saturated rings. The Morgan fingerprint density at radius 3 is 2.68 bits per heavy atom. The standard InChI is InChI=1S/C14H18N2O3/c1-10-12(9-18)14(16(2)15-10)19-13-6-4-3-5-11(13)7-8-17/h3-6,17-18H,7-9H2,1-2H3. The molecule has 2 rings (SSSR count). The van der Waals surface area contributed by atoms with Crippen LogP contribution < -0.4 is 4.74 Å². The number of rotatable bonds is 5. The second-order valence-electron chi connectivity index (χ2n) is 4.33. The van der Waals surface area contributed by atoms with Crippen LogP contribution in [0.3, 0.4) is 0 Å². The summed E-state index contributed by atoms with van der Waals surface area (Å²) in [6, 6.07) is 7.53. The zero-order chi connectivity index (χ0) is 13.8. The lowest BCUT2D eigenvalue weighted by Gasteiger charge is -2.11. The average molecular weight is 262 g/mol. The first-order valence-corrected chi connectivity index (χ1v) is 6.17. The molecule has 0 aliphatic heterocycles. The molecule has 0 aliphatic carbocycles. The van der Waals surface area contributed by atoms with Crippen LogP contribution in [0.1, 0.15) is 16.8 Å². The quantitative estimate of drug-likeness (QED) is 0.858. The van der Waals surface area contributed by atoms with E-state index in [0.717, 1.165) is 11.3 Å². The highest BCUT2D eigenvalue weighted by atomic mass is 16.5. The molecule has 102 valence electrons. The predicted octanol–water partition coefficient (Wildman–Crippen LogP) is 1.55. The zero-order valence-corrected chi connectivity index (χ0v) is 11.1. The van der Waals surface area contributed by atoms with Gasteiger partial charge in [0.1, 0.15) is 5.75 Å². The molecule has 0 saturated heterocycles. The molecule has 0 atom stereocenters. The largest absolute Gasteiger partial charge is 0.439 e. The van der Waals surface area contributed by atoms with Gasteiger partial charge >= 0.3 is 0 Å². The van der Waals surface area contributed by atoms with Crippen LogP contribution in [-0.4, -0.2) is 26.6 Å². The van der Waals surface area contributed by atoms with Crippen LogP contribution in [0.15, 0.2) is 24.3 Å². The molecule has 19 heavy (non-hydrogen) atoms. The molecule has 1 aromatic carbocycles. The van der Waals surface area contributed by atoms with Gasteiger partial charge in [0.25, 0.3) is 0 Å². The Kier molecular flexibility index (Phi) is 4.19. The van der Waals surface area contributed by atoms with Crippen LogP contribution >= 0.6 is 0 Å². The van der Waals surface area contributed by atoms with Crippen molar-refractivity contribution >= 4 is 0 Å². The summed E-state index contributed by atoms with van der Waals surface area (Å²) >= 11 is 0. The fourth-order valence-electron chi connectivity index (χ4n) is 2.03. The number of ether oxygens (including phenoxy) is 1. The molecule has 0 saturated carbocycles. The number of benzene rings is 1. The third-order valence-electron chi connectivity index (χ3n) is 3.01. The van der Waals surface area contributed by atoms with Gasteiger partial charge in [-0.05, 0) is 25.0 Å². The molecule has 0 aliphatic rings. The van der Waals surface area contributed by atoms with E-state index >= 15 is 0 Å². The average Bonchev–Trinajstić information content (AvgIpc) is 2.66. The Labute approximate surface area is 112 Å². The van der Waals surface area contributed by atoms with Crippen molar-refractivity contribution in [3.05, 3.63) is 41.1 Å². The molecule has 5 nitrogen and oxygen atoms in total. The van der Waals surface area contributed by atoms with Gasteiger partial charge in [-0.1, -0.05) is 18.2 Å². The summed E-state index contributed by atoms with van der Waals surface area (Å²) in [5.74, 6) is 1.21. The van der Waals surface area contributed by atoms with E-state index in [1.807, 2.05) is 31.2 Å². The molecule has 2 aromatic rings. The fraction of sp³-hybridized carbons (Fsp3) is 0.357. The lowest BCUT2D eigenvalue weighted by atomic mass is 10.1. The Bertz CT molecular complexity index is 564. The highest BCUT2D eigenvalue weighted by Crippen LogP contribution is 2.29. The highest BCUT2D eigenvalue weighted by molar-refractivity contribution is 5.39. The Morgan fingerprint density at radius 2 is 2.00 bits per heavy atom. The Hall–Kier alpha value is -1.85. The van der Waals surface area contributed by atoms with Gasteiger partial charge in [0.05, 0.1) is 17.9 Å². The number of aliphatic hydroxyl groups is 2. The number of nitrogens with zero attached hydrogens (tertiary/aromatic N) is 2. The summed E-state index contributed by atoms with van der Waals surface area (Å²) in [6.45, 7) is 1.78. The lowest BCUT2D eigenvalue weighted by Crippen LogP contribution is -2.00. The second-order valence-corrected chi connectivity index (χ2v) is 4.33. The van der Waals surface area contributed by atoms with Crippen LogP contribution in [0.5, 0.6) is 11.6 Å². The SMILES string of the molecule is Cc1nn(C)c(Oc2ccccc2CCO)c1CO. The smallest absolute Gasteiger partial charge is 0.223 e. The van der Waals surface area contributed by atoms with Gasteiger partial charge < -0.3 is 14.9 Å². The van der Waals surface area contributed by atoms with Crippen molar-refractivity contribution in [1.82, 2.24) is 9.78 Å². The number of aliphatic hydroxyl groups excluding tert-OH is 2. The fourth-order valence-corrected chi connectivity index (χ4v) is 2.03. The van der Waals surface area contributed by atoms with Crippen LogP contribution in [0.25, 0.3) is 0 Å². The Morgan fingerprint density at radius 1 is 1.26 bits per heavy atom. The monoisotopic (exact) mass is 262 g/mol. The number of hydrogen-bond donors (Lipinski definition) is 2. The van der Waals surface area contributed by atoms with E-state index in [4.69, 9.17) is 9.84 Å². The van der Waals surface area contributed by atoms with Crippen molar-refractivity contribution in [2.24, 2.45) is 7.05 Å². The molecular weight excluding hydrogens is 244 g/mol. The van der Waals surface area contributed by atoms with Crippen LogP contribution in [0.2, 0.25) is 0 Å².